The summed E-state index contributed by atoms with van der Waals surface area (Å²) in [6, 6.07) is 10.6. The lowest BCUT2D eigenvalue weighted by Crippen LogP contribution is -2.24. The molecule has 10 heteroatoms. The molecule has 0 atom stereocenters. The van der Waals surface area contributed by atoms with E-state index in [2.05, 4.69) is 10.5 Å². The van der Waals surface area contributed by atoms with Crippen LogP contribution in [0.25, 0.3) is 15.9 Å². The third-order valence-electron chi connectivity index (χ3n) is 5.27. The molecule has 0 saturated carbocycles. The lowest BCUT2D eigenvalue weighted by molar-refractivity contribution is -0.118. The van der Waals surface area contributed by atoms with E-state index in [9.17, 15) is 9.59 Å². The number of amides is 1. The van der Waals surface area contributed by atoms with E-state index in [4.69, 9.17) is 21.0 Å². The molecule has 0 saturated heterocycles. The van der Waals surface area contributed by atoms with Crippen LogP contribution in [-0.4, -0.2) is 27.4 Å². The van der Waals surface area contributed by atoms with Gasteiger partial charge in [0.05, 0.1) is 23.0 Å². The molecular formula is C23H19ClN4O3S2. The zero-order valence-corrected chi connectivity index (χ0v) is 20.0. The number of carbonyl (C=O) groups excluding carboxylic acids is 1. The number of nitrogens with zero attached hydrogens (tertiary/aromatic N) is 3. The Bertz CT molecular complexity index is 1440. The Hall–Kier alpha value is -2.88. The van der Waals surface area contributed by atoms with Gasteiger partial charge in [-0.25, -0.2) is 10.4 Å². The van der Waals surface area contributed by atoms with Gasteiger partial charge in [-0.3, -0.25) is 14.2 Å². The Kier molecular flexibility index (Phi) is 6.09. The number of furan rings is 1. The summed E-state index contributed by atoms with van der Waals surface area (Å²) in [4.78, 5) is 32.7. The van der Waals surface area contributed by atoms with Gasteiger partial charge in [0.25, 0.3) is 11.5 Å². The van der Waals surface area contributed by atoms with Crippen LogP contribution in [0.15, 0.2) is 55.9 Å². The predicted octanol–water partition coefficient (Wildman–Crippen LogP) is 4.73. The number of thioether (sulfide) groups is 1. The van der Waals surface area contributed by atoms with Gasteiger partial charge in [-0.15, -0.1) is 11.3 Å². The molecule has 1 aliphatic rings. The van der Waals surface area contributed by atoms with Crippen LogP contribution in [0.3, 0.4) is 0 Å². The highest BCUT2D eigenvalue weighted by atomic mass is 35.5. The van der Waals surface area contributed by atoms with Crippen molar-refractivity contribution in [3.8, 4) is 5.69 Å². The van der Waals surface area contributed by atoms with Crippen molar-refractivity contribution in [3.05, 3.63) is 73.7 Å². The van der Waals surface area contributed by atoms with E-state index in [1.54, 1.807) is 46.2 Å². The van der Waals surface area contributed by atoms with Gasteiger partial charge in [0, 0.05) is 9.90 Å². The van der Waals surface area contributed by atoms with Crippen LogP contribution in [0.5, 0.6) is 0 Å². The second-order valence-electron chi connectivity index (χ2n) is 7.58. The van der Waals surface area contributed by atoms with Crippen molar-refractivity contribution >= 4 is 57.0 Å². The second-order valence-corrected chi connectivity index (χ2v) is 10.0. The van der Waals surface area contributed by atoms with E-state index in [1.807, 2.05) is 13.0 Å². The number of aromatic nitrogens is 2. The van der Waals surface area contributed by atoms with Gasteiger partial charge < -0.3 is 4.42 Å². The lowest BCUT2D eigenvalue weighted by atomic mass is 10.2. The van der Waals surface area contributed by atoms with Crippen molar-refractivity contribution in [3.63, 3.8) is 0 Å². The minimum Gasteiger partial charge on any atom is -0.460 e. The standard InChI is InChI=1S/C23H19ClN4O3S2/c1-13-5-10-16(31-13)11-25-27-19(29)12-32-23-26-21-20(17-3-2-4-18(17)33-21)22(30)28(23)15-8-6-14(24)7-9-15/h5-11H,2-4,12H2,1H3,(H,27,29). The summed E-state index contributed by atoms with van der Waals surface area (Å²) in [7, 11) is 0. The number of benzene rings is 1. The molecule has 0 bridgehead atoms. The number of halogens is 1. The number of rotatable bonds is 6. The summed E-state index contributed by atoms with van der Waals surface area (Å²) in [6.07, 6.45) is 4.38. The number of hydrogen-bond donors (Lipinski definition) is 1. The van der Waals surface area contributed by atoms with E-state index >= 15 is 0 Å². The highest BCUT2D eigenvalue weighted by molar-refractivity contribution is 7.99. The van der Waals surface area contributed by atoms with Gasteiger partial charge in [0.2, 0.25) is 0 Å². The van der Waals surface area contributed by atoms with Gasteiger partial charge >= 0.3 is 0 Å². The largest absolute Gasteiger partial charge is 0.460 e. The number of hydrogen-bond acceptors (Lipinski definition) is 7. The van der Waals surface area contributed by atoms with Crippen molar-refractivity contribution in [1.29, 1.82) is 0 Å². The number of hydrazone groups is 1. The zero-order chi connectivity index (χ0) is 22.9. The van der Waals surface area contributed by atoms with Crippen LogP contribution < -0.4 is 11.0 Å². The maximum Gasteiger partial charge on any atom is 0.267 e. The SMILES string of the molecule is Cc1ccc(C=NNC(=O)CSc2nc3sc4c(c3c(=O)n2-c2ccc(Cl)cc2)CCC4)o1. The van der Waals surface area contributed by atoms with Crippen molar-refractivity contribution in [2.75, 3.05) is 5.75 Å². The monoisotopic (exact) mass is 498 g/mol. The van der Waals surface area contributed by atoms with Gasteiger partial charge in [-0.1, -0.05) is 23.4 Å². The van der Waals surface area contributed by atoms with E-state index in [-0.39, 0.29) is 17.2 Å². The maximum atomic E-state index is 13.6. The molecule has 1 aliphatic carbocycles. The minimum absolute atomic E-state index is 0.0468. The molecule has 0 fully saturated rings. The number of nitrogens with one attached hydrogen (secondary N) is 1. The fourth-order valence-corrected chi connectivity index (χ4v) is 6.03. The first-order valence-corrected chi connectivity index (χ1v) is 12.5. The van der Waals surface area contributed by atoms with Crippen molar-refractivity contribution < 1.29 is 9.21 Å². The number of fused-ring (bicyclic) bond motifs is 3. The van der Waals surface area contributed by atoms with Crippen LogP contribution in [0.2, 0.25) is 5.02 Å². The predicted molar refractivity (Wildman–Crippen MR) is 132 cm³/mol. The molecule has 0 unspecified atom stereocenters. The Morgan fingerprint density at radius 3 is 2.88 bits per heavy atom. The molecule has 1 amide bonds. The van der Waals surface area contributed by atoms with E-state index in [1.165, 1.54) is 22.9 Å². The zero-order valence-electron chi connectivity index (χ0n) is 17.6. The summed E-state index contributed by atoms with van der Waals surface area (Å²) in [5.74, 6) is 1.05. The summed E-state index contributed by atoms with van der Waals surface area (Å²) in [5.41, 5.74) is 4.14. The Morgan fingerprint density at radius 2 is 2.12 bits per heavy atom. The molecule has 0 spiro atoms. The van der Waals surface area contributed by atoms with Crippen LogP contribution in [0.4, 0.5) is 0 Å². The van der Waals surface area contributed by atoms with E-state index in [0.717, 1.165) is 35.4 Å². The first-order valence-electron chi connectivity index (χ1n) is 10.3. The molecule has 7 nitrogen and oxygen atoms in total. The molecular weight excluding hydrogens is 480 g/mol. The van der Waals surface area contributed by atoms with Crippen LogP contribution in [0, 0.1) is 6.92 Å². The Labute approximate surface area is 202 Å². The molecule has 3 heterocycles. The fraction of sp³-hybridized carbons (Fsp3) is 0.217. The molecule has 1 aromatic carbocycles. The third-order valence-corrected chi connectivity index (χ3v) is 7.64. The first-order chi connectivity index (χ1) is 16.0. The highest BCUT2D eigenvalue weighted by Gasteiger charge is 2.24. The van der Waals surface area contributed by atoms with Crippen LogP contribution in [-0.2, 0) is 17.6 Å². The molecule has 0 aliphatic heterocycles. The van der Waals surface area contributed by atoms with Gasteiger partial charge in [-0.2, -0.15) is 5.10 Å². The van der Waals surface area contributed by atoms with Crippen molar-refractivity contribution in [2.24, 2.45) is 5.10 Å². The number of carbonyl (C=O) groups is 1. The van der Waals surface area contributed by atoms with Crippen molar-refractivity contribution in [2.45, 2.75) is 31.3 Å². The van der Waals surface area contributed by atoms with Crippen LogP contribution >= 0.6 is 34.7 Å². The lowest BCUT2D eigenvalue weighted by Gasteiger charge is -2.12. The second kappa shape index (κ2) is 9.17. The molecule has 1 N–H and O–H groups in total. The van der Waals surface area contributed by atoms with Crippen molar-refractivity contribution in [1.82, 2.24) is 15.0 Å². The Balaban J connectivity index is 1.43. The summed E-state index contributed by atoms with van der Waals surface area (Å²) in [5, 5.41) is 5.65. The number of thiophene rings is 1. The topological polar surface area (TPSA) is 89.5 Å². The average Bonchev–Trinajstić information content (AvgIpc) is 3.49. The summed E-state index contributed by atoms with van der Waals surface area (Å²) >= 11 is 8.82. The molecule has 5 rings (SSSR count). The fourth-order valence-electron chi connectivity index (χ4n) is 3.79. The van der Waals surface area contributed by atoms with Crippen LogP contribution in [0.1, 0.15) is 28.4 Å². The normalized spacial score (nSPS) is 13.2. The molecule has 4 aromatic rings. The average molecular weight is 499 g/mol. The Morgan fingerprint density at radius 1 is 1.30 bits per heavy atom. The third kappa shape index (κ3) is 4.48. The quantitative estimate of drug-likeness (QED) is 0.179. The molecule has 168 valence electrons. The summed E-state index contributed by atoms with van der Waals surface area (Å²) < 4.78 is 6.95. The molecule has 0 radical (unpaired) electrons. The van der Waals surface area contributed by atoms with Gasteiger partial charge in [-0.05, 0) is 68.1 Å². The molecule has 33 heavy (non-hydrogen) atoms. The smallest absolute Gasteiger partial charge is 0.267 e. The first kappa shape index (κ1) is 21.9. The highest BCUT2D eigenvalue weighted by Crippen LogP contribution is 2.36. The van der Waals surface area contributed by atoms with E-state index < -0.39 is 0 Å². The van der Waals surface area contributed by atoms with Gasteiger partial charge in [0.15, 0.2) is 5.16 Å². The van der Waals surface area contributed by atoms with E-state index in [0.29, 0.717) is 27.0 Å². The van der Waals surface area contributed by atoms with Gasteiger partial charge in [0.1, 0.15) is 16.4 Å². The number of aryl methyl sites for hydroxylation is 3. The maximum absolute atomic E-state index is 13.6. The summed E-state index contributed by atoms with van der Waals surface area (Å²) in [6.45, 7) is 1.83. The molecule has 3 aromatic heterocycles. The minimum atomic E-state index is -0.315.